The van der Waals surface area contributed by atoms with Crippen molar-refractivity contribution in [3.05, 3.63) is 51.3 Å². The molecule has 1 amide bonds. The molecule has 1 aromatic carbocycles. The zero-order valence-electron chi connectivity index (χ0n) is 8.91. The summed E-state index contributed by atoms with van der Waals surface area (Å²) in [6, 6.07) is 9.74. The number of halogens is 2. The molecule has 6 heteroatoms. The van der Waals surface area contributed by atoms with Gasteiger partial charge in [-0.15, -0.1) is 0 Å². The molecule has 0 aliphatic carbocycles. The van der Waals surface area contributed by atoms with Gasteiger partial charge in [-0.1, -0.05) is 11.6 Å². The first-order valence-electron chi connectivity index (χ1n) is 4.86. The summed E-state index contributed by atoms with van der Waals surface area (Å²) in [6.45, 7) is 0. The van der Waals surface area contributed by atoms with Crippen LogP contribution >= 0.6 is 27.5 Å². The molecule has 2 aromatic rings. The Morgan fingerprint density at radius 2 is 2.17 bits per heavy atom. The van der Waals surface area contributed by atoms with Crippen LogP contribution in [0, 0.1) is 11.3 Å². The molecule has 0 saturated carbocycles. The van der Waals surface area contributed by atoms with E-state index >= 15 is 0 Å². The van der Waals surface area contributed by atoms with Crippen molar-refractivity contribution >= 4 is 39.1 Å². The standard InChI is InChI=1S/C12H6BrClN2O2/c13-11-4-3-10(18-11)12(17)16-9-2-1-7(6-15)5-8(9)14/h1-5H,(H,16,17). The van der Waals surface area contributed by atoms with Crippen molar-refractivity contribution in [3.8, 4) is 6.07 Å². The number of carbonyl (C=O) groups excluding carboxylic acids is 1. The van der Waals surface area contributed by atoms with E-state index in [1.807, 2.05) is 6.07 Å². The number of hydrogen-bond acceptors (Lipinski definition) is 3. The van der Waals surface area contributed by atoms with Crippen molar-refractivity contribution < 1.29 is 9.21 Å². The van der Waals surface area contributed by atoms with E-state index in [4.69, 9.17) is 21.3 Å². The number of nitrogens with zero attached hydrogens (tertiary/aromatic N) is 1. The summed E-state index contributed by atoms with van der Waals surface area (Å²) in [5.41, 5.74) is 0.854. The fourth-order valence-electron chi connectivity index (χ4n) is 1.31. The van der Waals surface area contributed by atoms with Crippen LogP contribution in [0.3, 0.4) is 0 Å². The second-order valence-electron chi connectivity index (χ2n) is 3.36. The molecule has 0 saturated heterocycles. The first-order valence-corrected chi connectivity index (χ1v) is 6.03. The predicted octanol–water partition coefficient (Wildman–Crippen LogP) is 3.82. The summed E-state index contributed by atoms with van der Waals surface area (Å²) >= 11 is 9.05. The van der Waals surface area contributed by atoms with E-state index in [1.165, 1.54) is 12.1 Å². The lowest BCUT2D eigenvalue weighted by atomic mass is 10.2. The molecular weight excluding hydrogens is 320 g/mol. The van der Waals surface area contributed by atoms with Crippen LogP contribution in [0.4, 0.5) is 5.69 Å². The van der Waals surface area contributed by atoms with Crippen molar-refractivity contribution in [1.29, 1.82) is 5.26 Å². The topological polar surface area (TPSA) is 66.0 Å². The quantitative estimate of drug-likeness (QED) is 0.912. The lowest BCUT2D eigenvalue weighted by Gasteiger charge is -2.05. The Morgan fingerprint density at radius 1 is 1.39 bits per heavy atom. The lowest BCUT2D eigenvalue weighted by Crippen LogP contribution is -2.11. The molecule has 0 aliphatic rings. The average Bonchev–Trinajstić information content (AvgIpc) is 2.78. The molecule has 0 radical (unpaired) electrons. The van der Waals surface area contributed by atoms with Crippen LogP contribution in [0.15, 0.2) is 39.4 Å². The zero-order chi connectivity index (χ0) is 13.1. The number of hydrogen-bond donors (Lipinski definition) is 1. The van der Waals surface area contributed by atoms with E-state index in [0.29, 0.717) is 20.9 Å². The second kappa shape index (κ2) is 5.25. The lowest BCUT2D eigenvalue weighted by molar-refractivity contribution is 0.0995. The summed E-state index contributed by atoms with van der Waals surface area (Å²) in [6.07, 6.45) is 0. The van der Waals surface area contributed by atoms with Crippen LogP contribution in [0.5, 0.6) is 0 Å². The Balaban J connectivity index is 2.20. The molecule has 1 N–H and O–H groups in total. The van der Waals surface area contributed by atoms with Crippen LogP contribution in [-0.2, 0) is 0 Å². The van der Waals surface area contributed by atoms with Gasteiger partial charge in [0.1, 0.15) is 0 Å². The molecule has 2 rings (SSSR count). The van der Waals surface area contributed by atoms with Crippen molar-refractivity contribution in [2.24, 2.45) is 0 Å². The highest BCUT2D eigenvalue weighted by Gasteiger charge is 2.12. The van der Waals surface area contributed by atoms with Gasteiger partial charge < -0.3 is 9.73 Å². The van der Waals surface area contributed by atoms with Crippen LogP contribution in [0.1, 0.15) is 16.1 Å². The van der Waals surface area contributed by atoms with Gasteiger partial charge in [0.25, 0.3) is 5.91 Å². The average molecular weight is 326 g/mol. The Morgan fingerprint density at radius 3 is 2.72 bits per heavy atom. The Bertz CT molecular complexity index is 646. The van der Waals surface area contributed by atoms with Crippen LogP contribution < -0.4 is 5.32 Å². The van der Waals surface area contributed by atoms with Gasteiger partial charge >= 0.3 is 0 Å². The molecule has 0 unspecified atom stereocenters. The third kappa shape index (κ3) is 2.73. The number of amides is 1. The van der Waals surface area contributed by atoms with E-state index in [1.54, 1.807) is 18.2 Å². The smallest absolute Gasteiger partial charge is 0.291 e. The summed E-state index contributed by atoms with van der Waals surface area (Å²) in [4.78, 5) is 11.8. The molecule has 1 aromatic heterocycles. The third-order valence-corrected chi connectivity index (χ3v) is 2.88. The van der Waals surface area contributed by atoms with Gasteiger partial charge in [0.2, 0.25) is 0 Å². The van der Waals surface area contributed by atoms with E-state index < -0.39 is 5.91 Å². The monoisotopic (exact) mass is 324 g/mol. The van der Waals surface area contributed by atoms with Crippen LogP contribution in [0.25, 0.3) is 0 Å². The van der Waals surface area contributed by atoms with Gasteiger partial charge in [-0.25, -0.2) is 0 Å². The largest absolute Gasteiger partial charge is 0.444 e. The number of furan rings is 1. The highest BCUT2D eigenvalue weighted by molar-refractivity contribution is 9.10. The Labute approximate surface area is 116 Å². The fraction of sp³-hybridized carbons (Fsp3) is 0. The van der Waals surface area contributed by atoms with Crippen molar-refractivity contribution in [3.63, 3.8) is 0 Å². The molecule has 18 heavy (non-hydrogen) atoms. The van der Waals surface area contributed by atoms with E-state index in [-0.39, 0.29) is 5.76 Å². The molecular formula is C12H6BrClN2O2. The minimum atomic E-state index is -0.410. The summed E-state index contributed by atoms with van der Waals surface area (Å²) in [5, 5.41) is 11.6. The SMILES string of the molecule is N#Cc1ccc(NC(=O)c2ccc(Br)o2)c(Cl)c1. The van der Waals surface area contributed by atoms with Gasteiger partial charge in [-0.2, -0.15) is 5.26 Å². The summed E-state index contributed by atoms with van der Waals surface area (Å²) in [5.74, 6) is -0.241. The van der Waals surface area contributed by atoms with E-state index in [2.05, 4.69) is 21.2 Å². The van der Waals surface area contributed by atoms with Crippen LogP contribution in [0.2, 0.25) is 5.02 Å². The minimum absolute atomic E-state index is 0.169. The first kappa shape index (κ1) is 12.7. The molecule has 0 atom stereocenters. The zero-order valence-corrected chi connectivity index (χ0v) is 11.2. The van der Waals surface area contributed by atoms with Gasteiger partial charge in [-0.05, 0) is 46.3 Å². The maximum atomic E-state index is 11.8. The maximum Gasteiger partial charge on any atom is 0.291 e. The molecule has 0 fully saturated rings. The predicted molar refractivity (Wildman–Crippen MR) is 70.5 cm³/mol. The van der Waals surface area contributed by atoms with Crippen molar-refractivity contribution in [2.75, 3.05) is 5.32 Å². The molecule has 0 spiro atoms. The van der Waals surface area contributed by atoms with Crippen molar-refractivity contribution in [1.82, 2.24) is 0 Å². The number of benzene rings is 1. The summed E-state index contributed by atoms with van der Waals surface area (Å²) < 4.78 is 5.58. The molecule has 0 bridgehead atoms. The number of nitriles is 1. The second-order valence-corrected chi connectivity index (χ2v) is 4.55. The van der Waals surface area contributed by atoms with Gasteiger partial charge in [0, 0.05) is 0 Å². The number of rotatable bonds is 2. The number of nitrogens with one attached hydrogen (secondary N) is 1. The Kier molecular flexibility index (Phi) is 3.70. The number of anilines is 1. The molecule has 90 valence electrons. The van der Waals surface area contributed by atoms with E-state index in [0.717, 1.165) is 0 Å². The molecule has 0 aliphatic heterocycles. The van der Waals surface area contributed by atoms with Gasteiger partial charge in [0.05, 0.1) is 22.3 Å². The molecule has 1 heterocycles. The highest BCUT2D eigenvalue weighted by atomic mass is 79.9. The maximum absolute atomic E-state index is 11.8. The van der Waals surface area contributed by atoms with Crippen LogP contribution in [-0.4, -0.2) is 5.91 Å². The fourth-order valence-corrected chi connectivity index (χ4v) is 1.84. The third-order valence-electron chi connectivity index (χ3n) is 2.14. The normalized spacial score (nSPS) is 9.83. The summed E-state index contributed by atoms with van der Waals surface area (Å²) in [7, 11) is 0. The minimum Gasteiger partial charge on any atom is -0.444 e. The highest BCUT2D eigenvalue weighted by Crippen LogP contribution is 2.24. The Hall–Kier alpha value is -1.77. The number of carbonyl (C=O) groups is 1. The van der Waals surface area contributed by atoms with Crippen molar-refractivity contribution in [2.45, 2.75) is 0 Å². The van der Waals surface area contributed by atoms with Gasteiger partial charge in [-0.3, -0.25) is 4.79 Å². The van der Waals surface area contributed by atoms with Gasteiger partial charge in [0.15, 0.2) is 10.4 Å². The van der Waals surface area contributed by atoms with E-state index in [9.17, 15) is 4.79 Å². The first-order chi connectivity index (χ1) is 8.60. The molecule has 4 nitrogen and oxygen atoms in total.